The highest BCUT2D eigenvalue weighted by Gasteiger charge is 1.95. The third-order valence-corrected chi connectivity index (χ3v) is 0.745. The Kier molecular flexibility index (Phi) is 1.10. The lowest BCUT2D eigenvalue weighted by molar-refractivity contribution is 0.332. The topological polar surface area (TPSA) is 26.0 Å². The number of nitrogens with zero attached hydrogens (tertiary/aromatic N) is 1. The van der Waals surface area contributed by atoms with Gasteiger partial charge in [0.05, 0.1) is 0 Å². The Morgan fingerprint density at radius 1 is 1.86 bits per heavy atom. The molecule has 0 amide bonds. The molecule has 1 rings (SSSR count). The Hall–Kier alpha value is -0.380. The van der Waals surface area contributed by atoms with Crippen LogP contribution >= 0.6 is 15.9 Å². The molecule has 0 aliphatic heterocycles. The van der Waals surface area contributed by atoms with Gasteiger partial charge in [-0.2, -0.15) is 4.98 Å². The number of aromatic nitrogens is 1. The molecule has 0 aliphatic carbocycles. The van der Waals surface area contributed by atoms with Crippen molar-refractivity contribution in [3.63, 3.8) is 0 Å². The largest absolute Gasteiger partial charge is 0.410 e. The van der Waals surface area contributed by atoms with Gasteiger partial charge in [0.2, 0.25) is 6.26 Å². The fourth-order valence-corrected chi connectivity index (χ4v) is 0.427. The van der Waals surface area contributed by atoms with Crippen molar-refractivity contribution >= 4 is 15.9 Å². The predicted octanol–water partition coefficient (Wildman–Crippen LogP) is 1.38. The summed E-state index contributed by atoms with van der Waals surface area (Å²) in [6, 6.07) is 0. The molecule has 0 fully saturated rings. The van der Waals surface area contributed by atoms with E-state index in [9.17, 15) is 4.39 Å². The number of hydrogen-bond acceptors (Lipinski definition) is 2. The Balaban J connectivity index is 3.04. The molecule has 0 N–H and O–H groups in total. The molecule has 0 unspecified atom stereocenters. The monoisotopic (exact) mass is 164 g/mol. The summed E-state index contributed by atoms with van der Waals surface area (Å²) in [5, 5.41) is 0. The van der Waals surface area contributed by atoms with Gasteiger partial charge >= 0.3 is 6.14 Å². The molecule has 0 atom stereocenters. The van der Waals surface area contributed by atoms with Crippen molar-refractivity contribution in [3.8, 4) is 0 Å². The molecule has 0 bridgehead atoms. The van der Waals surface area contributed by atoms with Crippen LogP contribution in [0.3, 0.4) is 0 Å². The van der Waals surface area contributed by atoms with Gasteiger partial charge in [0.15, 0.2) is 4.60 Å². The Morgan fingerprint density at radius 2 is 2.57 bits per heavy atom. The Bertz CT molecular complexity index is 147. The summed E-state index contributed by atoms with van der Waals surface area (Å²) in [5.41, 5.74) is 0. The van der Waals surface area contributed by atoms with E-state index in [0.717, 1.165) is 0 Å². The zero-order valence-corrected chi connectivity index (χ0v) is 4.70. The van der Waals surface area contributed by atoms with E-state index in [4.69, 9.17) is 0 Å². The number of rotatable bonds is 0. The highest BCUT2D eigenvalue weighted by Crippen LogP contribution is 2.04. The molecule has 0 aliphatic rings. The molecule has 1 radical (unpaired) electrons. The molecule has 1 aromatic heterocycles. The van der Waals surface area contributed by atoms with Gasteiger partial charge in [-0.1, -0.05) is 0 Å². The summed E-state index contributed by atoms with van der Waals surface area (Å²) in [6.07, 6.45) is 1.26. The van der Waals surface area contributed by atoms with E-state index in [-0.39, 0.29) is 4.60 Å². The summed E-state index contributed by atoms with van der Waals surface area (Å²) >= 11 is 2.83. The lowest BCUT2D eigenvalue weighted by atomic mass is 11.0. The van der Waals surface area contributed by atoms with E-state index in [1.165, 1.54) is 0 Å². The van der Waals surface area contributed by atoms with Gasteiger partial charge in [0, 0.05) is 0 Å². The second-order valence-electron chi connectivity index (χ2n) is 0.860. The molecule has 0 saturated heterocycles. The highest BCUT2D eigenvalue weighted by molar-refractivity contribution is 9.10. The summed E-state index contributed by atoms with van der Waals surface area (Å²) in [4.78, 5) is 3.14. The standard InChI is InChI=1S/C3BrFNO/c4-2-1-7-3(5)6-2. The van der Waals surface area contributed by atoms with Crippen LogP contribution in [-0.2, 0) is 0 Å². The van der Waals surface area contributed by atoms with E-state index in [2.05, 4.69) is 31.6 Å². The molecule has 1 aromatic rings. The molecule has 0 aromatic carbocycles. The maximum atomic E-state index is 11.6. The van der Waals surface area contributed by atoms with Crippen LogP contribution in [-0.4, -0.2) is 4.98 Å². The van der Waals surface area contributed by atoms with Crippen molar-refractivity contribution in [2.75, 3.05) is 0 Å². The molecule has 2 nitrogen and oxygen atoms in total. The molecular weight excluding hydrogens is 165 g/mol. The van der Waals surface area contributed by atoms with Crippen molar-refractivity contribution < 1.29 is 8.81 Å². The smallest absolute Gasteiger partial charge is 0.383 e. The van der Waals surface area contributed by atoms with Gasteiger partial charge in [0.25, 0.3) is 0 Å². The van der Waals surface area contributed by atoms with E-state index >= 15 is 0 Å². The van der Waals surface area contributed by atoms with Gasteiger partial charge in [-0.05, 0) is 15.9 Å². The third-order valence-electron chi connectivity index (χ3n) is 0.406. The van der Waals surface area contributed by atoms with Crippen molar-refractivity contribution in [1.29, 1.82) is 0 Å². The zero-order valence-electron chi connectivity index (χ0n) is 3.11. The lowest BCUT2D eigenvalue weighted by Gasteiger charge is -1.62. The van der Waals surface area contributed by atoms with Gasteiger partial charge in [-0.15, -0.1) is 4.39 Å². The number of halogens is 2. The van der Waals surface area contributed by atoms with Crippen molar-refractivity contribution in [1.82, 2.24) is 4.98 Å². The SMILES string of the molecule is Fc1nc(Br)[c]o1. The van der Waals surface area contributed by atoms with Crippen LogP contribution in [0.25, 0.3) is 0 Å². The molecule has 37 valence electrons. The van der Waals surface area contributed by atoms with Gasteiger partial charge < -0.3 is 4.42 Å². The summed E-state index contributed by atoms with van der Waals surface area (Å²) in [7, 11) is 0. The summed E-state index contributed by atoms with van der Waals surface area (Å²) in [6.45, 7) is 0. The van der Waals surface area contributed by atoms with Crippen LogP contribution in [0.15, 0.2) is 9.02 Å². The maximum Gasteiger partial charge on any atom is 0.383 e. The minimum Gasteiger partial charge on any atom is -0.410 e. The predicted molar refractivity (Wildman–Crippen MR) is 23.0 cm³/mol. The lowest BCUT2D eigenvalue weighted by Crippen LogP contribution is -1.64. The van der Waals surface area contributed by atoms with Crippen molar-refractivity contribution in [3.05, 3.63) is 17.0 Å². The van der Waals surface area contributed by atoms with Gasteiger partial charge in [0.1, 0.15) is 0 Å². The Morgan fingerprint density at radius 3 is 2.71 bits per heavy atom. The second-order valence-corrected chi connectivity index (χ2v) is 1.61. The average Bonchev–Trinajstić information content (AvgIpc) is 1.87. The van der Waals surface area contributed by atoms with Crippen LogP contribution in [0.5, 0.6) is 0 Å². The molecule has 7 heavy (non-hydrogen) atoms. The first kappa shape index (κ1) is 4.77. The van der Waals surface area contributed by atoms with Crippen LogP contribution in [0.2, 0.25) is 0 Å². The molecule has 4 heteroatoms. The van der Waals surface area contributed by atoms with Crippen molar-refractivity contribution in [2.45, 2.75) is 0 Å². The fourth-order valence-electron chi connectivity index (χ4n) is 0.207. The normalized spacial score (nSPS) is 9.43. The van der Waals surface area contributed by atoms with Crippen LogP contribution in [0, 0.1) is 12.4 Å². The summed E-state index contributed by atoms with van der Waals surface area (Å²) in [5.74, 6) is 0. The van der Waals surface area contributed by atoms with Crippen LogP contribution < -0.4 is 0 Å². The van der Waals surface area contributed by atoms with E-state index in [0.29, 0.717) is 0 Å². The van der Waals surface area contributed by atoms with Crippen LogP contribution in [0.1, 0.15) is 0 Å². The first-order chi connectivity index (χ1) is 3.29. The quantitative estimate of drug-likeness (QED) is 0.580. The Labute approximate surface area is 47.5 Å². The van der Waals surface area contributed by atoms with E-state index in [1.54, 1.807) is 0 Å². The fraction of sp³-hybridized carbons (Fsp3) is 0. The van der Waals surface area contributed by atoms with Gasteiger partial charge in [-0.25, -0.2) is 0 Å². The van der Waals surface area contributed by atoms with Crippen molar-refractivity contribution in [2.24, 2.45) is 0 Å². The second kappa shape index (κ2) is 1.61. The molecule has 0 spiro atoms. The van der Waals surface area contributed by atoms with Crippen LogP contribution in [0.4, 0.5) is 4.39 Å². The third kappa shape index (κ3) is 0.991. The van der Waals surface area contributed by atoms with E-state index < -0.39 is 6.14 Å². The zero-order chi connectivity index (χ0) is 5.28. The maximum absolute atomic E-state index is 11.6. The van der Waals surface area contributed by atoms with E-state index in [1.807, 2.05) is 0 Å². The summed E-state index contributed by atoms with van der Waals surface area (Å²) < 4.78 is 15.9. The molecule has 0 saturated carbocycles. The molecular formula is C3BrFNO. The molecule has 1 heterocycles. The number of oxazole rings is 1. The minimum absolute atomic E-state index is 0.255. The first-order valence-corrected chi connectivity index (χ1v) is 2.28. The average molecular weight is 165 g/mol. The highest BCUT2D eigenvalue weighted by atomic mass is 79.9. The first-order valence-electron chi connectivity index (χ1n) is 1.48. The number of hydrogen-bond donors (Lipinski definition) is 0. The minimum atomic E-state index is -0.869. The van der Waals surface area contributed by atoms with Gasteiger partial charge in [-0.3, -0.25) is 0 Å².